The van der Waals surface area contributed by atoms with Crippen LogP contribution in [-0.2, 0) is 47.2 Å². The molecule has 0 amide bonds. The van der Waals surface area contributed by atoms with Gasteiger partial charge in [-0.15, -0.1) is 0 Å². The van der Waals surface area contributed by atoms with E-state index in [1.165, 1.54) is 12.2 Å². The van der Waals surface area contributed by atoms with Gasteiger partial charge in [-0.25, -0.2) is 0 Å². The molecule has 66 heavy (non-hydrogen) atoms. The molecule has 0 fully saturated rings. The molecule has 14 heteroatoms. The Balaban J connectivity index is 2.59. The fraction of sp³-hybridized carbons (Fsp3) is 0.769. The number of carbonyl (C=O) groups is 6. The van der Waals surface area contributed by atoms with Crippen molar-refractivity contribution in [2.45, 2.75) is 238 Å². The molecule has 0 bridgehead atoms. The normalized spacial score (nSPS) is 20.4. The maximum absolute atomic E-state index is 14.7. The summed E-state index contributed by atoms with van der Waals surface area (Å²) in [6.07, 6.45) is 25.8. The van der Waals surface area contributed by atoms with E-state index in [2.05, 4.69) is 48.5 Å². The Morgan fingerprint density at radius 1 is 0.500 bits per heavy atom. The zero-order valence-corrected chi connectivity index (χ0v) is 48.1. The van der Waals surface area contributed by atoms with Crippen LogP contribution in [-0.4, -0.2) is 75.1 Å². The summed E-state index contributed by atoms with van der Waals surface area (Å²) < 4.78 is 36.9. The van der Waals surface area contributed by atoms with Crippen LogP contribution >= 0.6 is 0 Å². The molecule has 5 atom stereocenters. The number of carbonyl (C=O) groups excluding carboxylic acids is 6. The first kappa shape index (κ1) is 59.8. The van der Waals surface area contributed by atoms with Crippen molar-refractivity contribution in [3.8, 4) is 0 Å². The van der Waals surface area contributed by atoms with E-state index in [9.17, 15) is 28.8 Å². The first-order valence-electron chi connectivity index (χ1n) is 26.3. The van der Waals surface area contributed by atoms with Crippen molar-refractivity contribution < 1.29 is 47.2 Å². The van der Waals surface area contributed by atoms with Crippen molar-refractivity contribution >= 4 is 75.1 Å². The molecule has 0 radical (unpaired) electrons. The fourth-order valence-electron chi connectivity index (χ4n) is 8.64. The first-order chi connectivity index (χ1) is 31.7. The van der Waals surface area contributed by atoms with Crippen LogP contribution in [0.25, 0.3) is 0 Å². The summed E-state index contributed by atoms with van der Waals surface area (Å²) in [5, 5.41) is 0. The second-order valence-corrected chi connectivity index (χ2v) is 32.9. The average Bonchev–Trinajstić information content (AvgIpc) is 3.47. The molecule has 2 rings (SSSR count). The van der Waals surface area contributed by atoms with Gasteiger partial charge in [0.25, 0.3) is 0 Å². The topological polar surface area (TPSA) is 158 Å². The Morgan fingerprint density at radius 3 is 1.29 bits per heavy atom. The van der Waals surface area contributed by atoms with Crippen LogP contribution in [0.1, 0.15) is 229 Å². The van der Waals surface area contributed by atoms with E-state index in [4.69, 9.17) is 18.4 Å². The van der Waals surface area contributed by atoms with Crippen molar-refractivity contribution in [2.24, 2.45) is 17.8 Å². The zero-order chi connectivity index (χ0) is 48.8. The van der Waals surface area contributed by atoms with Crippen LogP contribution < -0.4 is 0 Å². The molecule has 0 N–H and O–H groups in total. The van der Waals surface area contributed by atoms with Gasteiger partial charge in [-0.3, -0.25) is 0 Å². The summed E-state index contributed by atoms with van der Waals surface area (Å²) >= 11 is -10.8. The third-order valence-electron chi connectivity index (χ3n) is 13.0. The van der Waals surface area contributed by atoms with E-state index in [1.807, 2.05) is 6.92 Å². The van der Waals surface area contributed by atoms with Gasteiger partial charge in [-0.2, -0.15) is 0 Å². The third kappa shape index (κ3) is 22.8. The summed E-state index contributed by atoms with van der Waals surface area (Å²) in [5.74, 6) is -4.53. The number of rotatable bonds is 36. The molecule has 376 valence electrons. The van der Waals surface area contributed by atoms with E-state index in [-0.39, 0.29) is 49.8 Å². The van der Waals surface area contributed by atoms with Crippen molar-refractivity contribution in [1.29, 1.82) is 0 Å². The Bertz CT molecular complexity index is 1610. The van der Waals surface area contributed by atoms with E-state index >= 15 is 0 Å². The molecule has 0 aliphatic carbocycles. The van der Waals surface area contributed by atoms with E-state index in [0.717, 1.165) is 141 Å². The van der Waals surface area contributed by atoms with Gasteiger partial charge in [-0.05, 0) is 0 Å². The molecule has 0 aromatic heterocycles. The second-order valence-electron chi connectivity index (χ2n) is 18.7. The molecule has 2 aliphatic heterocycles. The van der Waals surface area contributed by atoms with Gasteiger partial charge in [0.15, 0.2) is 0 Å². The third-order valence-corrected chi connectivity index (χ3v) is 27.2. The predicted octanol–water partition coefficient (Wildman–Crippen LogP) is 13.5. The molecule has 5 unspecified atom stereocenters. The van der Waals surface area contributed by atoms with Crippen LogP contribution in [0, 0.1) is 17.8 Å². The minimum atomic E-state index is -5.42. The molecular weight excluding hydrogens is 1050 g/mol. The van der Waals surface area contributed by atoms with E-state index in [0.29, 0.717) is 32.1 Å². The first-order valence-corrected chi connectivity index (χ1v) is 37.3. The molecule has 0 spiro atoms. The average molecular weight is 1140 g/mol. The Kier molecular flexibility index (Phi) is 30.8. The van der Waals surface area contributed by atoms with Gasteiger partial charge in [0, 0.05) is 0 Å². The SMILES string of the molecule is CCCCCCC[CH2][Sn]1([O]C(=O)/C=C(/CC(CC)CCCC)C(=O)[O][Sn]2([CH2]CCCCCCC)[O]C(=O)C=C(CC(CC)CCCC)C(=O)[O]2)[O]C(=O)C=C(CC(CC)CCCC)C(=O)[O]1. The Labute approximate surface area is 409 Å². The zero-order valence-electron chi connectivity index (χ0n) is 42.4. The van der Waals surface area contributed by atoms with Crippen molar-refractivity contribution in [3.05, 3.63) is 34.9 Å². The van der Waals surface area contributed by atoms with Gasteiger partial charge in [0.1, 0.15) is 0 Å². The monoisotopic (exact) mass is 1140 g/mol. The van der Waals surface area contributed by atoms with Gasteiger partial charge in [-0.1, -0.05) is 0 Å². The summed E-state index contributed by atoms with van der Waals surface area (Å²) in [6.45, 7) is 16.7. The minimum absolute atomic E-state index is 0.0250. The van der Waals surface area contributed by atoms with Crippen LogP contribution in [0.15, 0.2) is 34.9 Å². The quantitative estimate of drug-likeness (QED) is 0.0333. The van der Waals surface area contributed by atoms with Crippen LogP contribution in [0.3, 0.4) is 0 Å². The van der Waals surface area contributed by atoms with Gasteiger partial charge >= 0.3 is 413 Å². The Morgan fingerprint density at radius 2 is 0.879 bits per heavy atom. The number of unbranched alkanes of at least 4 members (excludes halogenated alkanes) is 13. The van der Waals surface area contributed by atoms with E-state index in [1.54, 1.807) is 0 Å². The molecular formula is C52H88O12Sn2. The Hall–Kier alpha value is -2.36. The summed E-state index contributed by atoms with van der Waals surface area (Å²) in [6, 6.07) is 0. The van der Waals surface area contributed by atoms with Crippen LogP contribution in [0.4, 0.5) is 0 Å². The molecule has 0 aromatic rings. The van der Waals surface area contributed by atoms with Crippen molar-refractivity contribution in [2.75, 3.05) is 0 Å². The number of hydrogen-bond acceptors (Lipinski definition) is 12. The molecule has 2 heterocycles. The summed E-state index contributed by atoms with van der Waals surface area (Å²) in [5.41, 5.74) is 0.386. The van der Waals surface area contributed by atoms with E-state index < -0.39 is 75.1 Å². The van der Waals surface area contributed by atoms with Gasteiger partial charge in [0.2, 0.25) is 0 Å². The maximum atomic E-state index is 14.7. The van der Waals surface area contributed by atoms with Crippen LogP contribution in [0.5, 0.6) is 0 Å². The standard InChI is InChI=1S/3C12H20O4.2C8H17.2Sn/c3*1-3-5-6-9(4-2)7-10(12(15)16)8-11(13)14;2*1-3-5-7-8-6-4-2;;/h3*8-9H,3-7H2,1-2H3,(H,13,14)(H,15,16);2*1,3-8H2,2H3;;/q;;;;;2*+3/p-6/b10-8-;;;;;;. The molecule has 0 saturated carbocycles. The molecule has 2 aliphatic rings. The van der Waals surface area contributed by atoms with Gasteiger partial charge in [0.05, 0.1) is 0 Å². The van der Waals surface area contributed by atoms with Crippen LogP contribution in [0.2, 0.25) is 8.87 Å². The van der Waals surface area contributed by atoms with Crippen molar-refractivity contribution in [1.82, 2.24) is 0 Å². The molecule has 0 saturated heterocycles. The van der Waals surface area contributed by atoms with Gasteiger partial charge < -0.3 is 0 Å². The fourth-order valence-corrected chi connectivity index (χ4v) is 21.7. The summed E-state index contributed by atoms with van der Waals surface area (Å²) in [4.78, 5) is 83.9. The van der Waals surface area contributed by atoms with Crippen molar-refractivity contribution in [3.63, 3.8) is 0 Å². The number of hydrogen-bond donors (Lipinski definition) is 0. The molecule has 12 nitrogen and oxygen atoms in total. The summed E-state index contributed by atoms with van der Waals surface area (Å²) in [7, 11) is 0. The molecule has 0 aromatic carbocycles. The second kappa shape index (κ2) is 34.0. The predicted molar refractivity (Wildman–Crippen MR) is 262 cm³/mol.